The number of carbonyl (C=O) groups is 1. The zero-order valence-corrected chi connectivity index (χ0v) is 18.4. The number of aromatic nitrogens is 2. The Morgan fingerprint density at radius 2 is 2.10 bits per heavy atom. The van der Waals surface area contributed by atoms with Crippen molar-refractivity contribution in [1.82, 2.24) is 9.55 Å². The Morgan fingerprint density at radius 3 is 2.83 bits per heavy atom. The predicted molar refractivity (Wildman–Crippen MR) is 124 cm³/mol. The summed E-state index contributed by atoms with van der Waals surface area (Å²) in [4.78, 5) is 32.5. The third-order valence-electron chi connectivity index (χ3n) is 5.13. The summed E-state index contributed by atoms with van der Waals surface area (Å²) in [5.41, 5.74) is 1.84. The Morgan fingerprint density at radius 1 is 1.33 bits per heavy atom. The number of allylic oxidation sites excluding steroid dienone is 1. The molecule has 0 fully saturated rings. The molecule has 0 radical (unpaired) electrons. The van der Waals surface area contributed by atoms with E-state index in [0.717, 1.165) is 53.4 Å². The summed E-state index contributed by atoms with van der Waals surface area (Å²) >= 11 is 2.72. The maximum atomic E-state index is 13.2. The van der Waals surface area contributed by atoms with Gasteiger partial charge in [0.05, 0.1) is 18.2 Å². The molecule has 2 heterocycles. The number of benzene rings is 1. The minimum absolute atomic E-state index is 0.0227. The van der Waals surface area contributed by atoms with Crippen molar-refractivity contribution in [2.24, 2.45) is 0 Å². The molecule has 3 aromatic rings. The van der Waals surface area contributed by atoms with Crippen molar-refractivity contribution in [2.75, 3.05) is 12.4 Å². The summed E-state index contributed by atoms with van der Waals surface area (Å²) in [6.07, 6.45) is 5.93. The standard InChI is InChI=1S/C22H23N3O3S2/c1-3-12-25-18(13-29-22(27)23-14-8-10-15(28-2)11-9-14)24-20-19(21(25)26)16-6-4-5-7-17(16)30-20/h3,8-11H,1,4-7,12-13H2,2H3,(H,23,27). The fraction of sp³-hybridized carbons (Fsp3) is 0.318. The Bertz CT molecular complexity index is 1150. The minimum atomic E-state index is -0.204. The normalized spacial score (nSPS) is 13.1. The lowest BCUT2D eigenvalue weighted by atomic mass is 9.97. The molecule has 0 aliphatic heterocycles. The number of thioether (sulfide) groups is 1. The number of aryl methyl sites for hydroxylation is 2. The molecule has 6 nitrogen and oxygen atoms in total. The van der Waals surface area contributed by atoms with Crippen LogP contribution in [0.5, 0.6) is 5.75 Å². The molecule has 1 N–H and O–H groups in total. The molecule has 1 amide bonds. The molecule has 0 saturated heterocycles. The molecule has 30 heavy (non-hydrogen) atoms. The molecule has 0 atom stereocenters. The van der Waals surface area contributed by atoms with E-state index in [1.807, 2.05) is 0 Å². The zero-order valence-electron chi connectivity index (χ0n) is 16.8. The van der Waals surface area contributed by atoms with Crippen LogP contribution < -0.4 is 15.6 Å². The van der Waals surface area contributed by atoms with E-state index in [2.05, 4.69) is 11.9 Å². The lowest BCUT2D eigenvalue weighted by Crippen LogP contribution is -2.25. The van der Waals surface area contributed by atoms with Crippen molar-refractivity contribution in [1.29, 1.82) is 0 Å². The van der Waals surface area contributed by atoms with Gasteiger partial charge in [0.2, 0.25) is 0 Å². The first-order valence-corrected chi connectivity index (χ1v) is 11.6. The van der Waals surface area contributed by atoms with E-state index in [0.29, 0.717) is 23.8 Å². The summed E-state index contributed by atoms with van der Waals surface area (Å²) in [6, 6.07) is 7.14. The van der Waals surface area contributed by atoms with Crippen LogP contribution in [0.4, 0.5) is 10.5 Å². The molecule has 156 valence electrons. The van der Waals surface area contributed by atoms with E-state index in [4.69, 9.17) is 9.72 Å². The molecular formula is C22H23N3O3S2. The predicted octanol–water partition coefficient (Wildman–Crippen LogP) is 5.00. The number of anilines is 1. The number of thiophene rings is 1. The number of nitrogens with zero attached hydrogens (tertiary/aromatic N) is 2. The van der Waals surface area contributed by atoms with Crippen molar-refractivity contribution in [3.05, 3.63) is 63.5 Å². The van der Waals surface area contributed by atoms with Gasteiger partial charge in [0.25, 0.3) is 10.8 Å². The Hall–Kier alpha value is -2.58. The molecule has 0 unspecified atom stereocenters. The van der Waals surface area contributed by atoms with Crippen molar-refractivity contribution in [2.45, 2.75) is 38.0 Å². The SMILES string of the molecule is C=CCn1c(CSC(=O)Nc2ccc(OC)cc2)nc2sc3c(c2c1=O)CCCC3. The van der Waals surface area contributed by atoms with Crippen molar-refractivity contribution >= 4 is 44.2 Å². The van der Waals surface area contributed by atoms with Gasteiger partial charge in [0.1, 0.15) is 16.4 Å². The smallest absolute Gasteiger partial charge is 0.283 e. The van der Waals surface area contributed by atoms with E-state index in [1.165, 1.54) is 10.4 Å². The summed E-state index contributed by atoms with van der Waals surface area (Å²) in [7, 11) is 1.60. The van der Waals surface area contributed by atoms with Crippen LogP contribution in [0.2, 0.25) is 0 Å². The average Bonchev–Trinajstić information content (AvgIpc) is 3.13. The molecule has 0 bridgehead atoms. The largest absolute Gasteiger partial charge is 0.497 e. The van der Waals surface area contributed by atoms with Crippen LogP contribution in [0.1, 0.15) is 29.1 Å². The lowest BCUT2D eigenvalue weighted by Gasteiger charge is -2.12. The number of fused-ring (bicyclic) bond motifs is 3. The highest BCUT2D eigenvalue weighted by Crippen LogP contribution is 2.34. The van der Waals surface area contributed by atoms with Gasteiger partial charge in [-0.15, -0.1) is 17.9 Å². The van der Waals surface area contributed by atoms with Crippen LogP contribution in [0, 0.1) is 0 Å². The second-order valence-electron chi connectivity index (χ2n) is 7.05. The summed E-state index contributed by atoms with van der Waals surface area (Å²) in [6.45, 7) is 4.15. The number of carbonyl (C=O) groups excluding carboxylic acids is 1. The fourth-order valence-corrected chi connectivity index (χ4v) is 5.61. The molecule has 0 spiro atoms. The second kappa shape index (κ2) is 9.06. The minimum Gasteiger partial charge on any atom is -0.497 e. The summed E-state index contributed by atoms with van der Waals surface area (Å²) in [5, 5.41) is 3.40. The molecule has 8 heteroatoms. The third-order valence-corrected chi connectivity index (χ3v) is 7.09. The number of hydrogen-bond donors (Lipinski definition) is 1. The number of amides is 1. The molecule has 4 rings (SSSR count). The first-order valence-electron chi connectivity index (χ1n) is 9.83. The number of rotatable bonds is 6. The zero-order chi connectivity index (χ0) is 21.1. The van der Waals surface area contributed by atoms with Gasteiger partial charge in [0.15, 0.2) is 0 Å². The van der Waals surface area contributed by atoms with Crippen molar-refractivity contribution in [3.63, 3.8) is 0 Å². The molecule has 0 saturated carbocycles. The molecule has 1 aliphatic carbocycles. The number of hydrogen-bond acceptors (Lipinski definition) is 6. The highest BCUT2D eigenvalue weighted by atomic mass is 32.2. The first kappa shape index (κ1) is 20.7. The monoisotopic (exact) mass is 441 g/mol. The fourth-order valence-electron chi connectivity index (χ4n) is 3.67. The van der Waals surface area contributed by atoms with Gasteiger partial charge in [-0.3, -0.25) is 14.2 Å². The maximum Gasteiger partial charge on any atom is 0.283 e. The molecular weight excluding hydrogens is 418 g/mol. The summed E-state index contributed by atoms with van der Waals surface area (Å²) in [5.74, 6) is 1.63. The lowest BCUT2D eigenvalue weighted by molar-refractivity contribution is 0.269. The van der Waals surface area contributed by atoms with Crippen LogP contribution in [-0.4, -0.2) is 21.9 Å². The quantitative estimate of drug-likeness (QED) is 0.545. The van der Waals surface area contributed by atoms with Gasteiger partial charge >= 0.3 is 0 Å². The molecule has 1 aromatic carbocycles. The van der Waals surface area contributed by atoms with Gasteiger partial charge in [0, 0.05) is 17.1 Å². The van der Waals surface area contributed by atoms with E-state index in [9.17, 15) is 9.59 Å². The van der Waals surface area contributed by atoms with Crippen LogP contribution in [-0.2, 0) is 25.1 Å². The number of nitrogens with one attached hydrogen (secondary N) is 1. The third kappa shape index (κ3) is 4.15. The van der Waals surface area contributed by atoms with E-state index >= 15 is 0 Å². The van der Waals surface area contributed by atoms with Gasteiger partial charge in [-0.1, -0.05) is 17.8 Å². The Labute approximate surface area is 183 Å². The van der Waals surface area contributed by atoms with Gasteiger partial charge in [-0.05, 0) is 55.5 Å². The van der Waals surface area contributed by atoms with Crippen molar-refractivity contribution in [3.8, 4) is 5.75 Å². The summed E-state index contributed by atoms with van der Waals surface area (Å²) < 4.78 is 6.77. The van der Waals surface area contributed by atoms with E-state index in [-0.39, 0.29) is 10.8 Å². The van der Waals surface area contributed by atoms with Gasteiger partial charge in [-0.25, -0.2) is 4.98 Å². The van der Waals surface area contributed by atoms with Gasteiger partial charge in [-0.2, -0.15) is 0 Å². The highest BCUT2D eigenvalue weighted by molar-refractivity contribution is 8.13. The number of ether oxygens (including phenoxy) is 1. The van der Waals surface area contributed by atoms with Gasteiger partial charge < -0.3 is 10.1 Å². The Kier molecular flexibility index (Phi) is 6.24. The Balaban J connectivity index is 1.56. The topological polar surface area (TPSA) is 73.2 Å². The average molecular weight is 442 g/mol. The highest BCUT2D eigenvalue weighted by Gasteiger charge is 2.22. The maximum absolute atomic E-state index is 13.2. The van der Waals surface area contributed by atoms with Crippen LogP contribution in [0.15, 0.2) is 41.7 Å². The molecule has 2 aromatic heterocycles. The van der Waals surface area contributed by atoms with E-state index in [1.54, 1.807) is 53.4 Å². The first-order chi connectivity index (χ1) is 14.6. The number of methoxy groups -OCH3 is 1. The van der Waals surface area contributed by atoms with Crippen LogP contribution in [0.25, 0.3) is 10.2 Å². The van der Waals surface area contributed by atoms with Crippen LogP contribution in [0.3, 0.4) is 0 Å². The van der Waals surface area contributed by atoms with E-state index < -0.39 is 0 Å². The van der Waals surface area contributed by atoms with Crippen LogP contribution >= 0.6 is 23.1 Å². The molecule has 1 aliphatic rings. The van der Waals surface area contributed by atoms with Crippen molar-refractivity contribution < 1.29 is 9.53 Å². The second-order valence-corrected chi connectivity index (χ2v) is 9.08.